The van der Waals surface area contributed by atoms with Crippen molar-refractivity contribution in [2.75, 3.05) is 45.2 Å². The summed E-state index contributed by atoms with van der Waals surface area (Å²) in [5.41, 5.74) is 3.42. The minimum absolute atomic E-state index is 0.0454. The van der Waals surface area contributed by atoms with Crippen LogP contribution in [0, 0.1) is 23.7 Å². The molecule has 1 saturated carbocycles. The molecule has 1 saturated heterocycles. The van der Waals surface area contributed by atoms with Gasteiger partial charge in [0, 0.05) is 36.1 Å². The molecule has 1 N–H and O–H groups in total. The summed E-state index contributed by atoms with van der Waals surface area (Å²) >= 11 is 6.37. The lowest BCUT2D eigenvalue weighted by Crippen LogP contribution is -2.45. The molecule has 2 aromatic rings. The van der Waals surface area contributed by atoms with Crippen LogP contribution in [0.25, 0.3) is 0 Å². The molecule has 2 bridgehead atoms. The number of nitrogens with zero attached hydrogens (tertiary/aromatic N) is 2. The Bertz CT molecular complexity index is 1550. The first-order valence-electron chi connectivity index (χ1n) is 17.8. The molecular formula is C37H52ClN3O6S. The highest BCUT2D eigenvalue weighted by molar-refractivity contribution is 7.90. The number of carbonyl (C=O) groups excluding carboxylic acids is 1. The van der Waals surface area contributed by atoms with Gasteiger partial charge in [0.15, 0.2) is 6.29 Å². The highest BCUT2D eigenvalue weighted by Gasteiger charge is 2.45. The minimum Gasteiger partial charge on any atom is -0.487 e. The number of benzene rings is 2. The average molecular weight is 702 g/mol. The quantitative estimate of drug-likeness (QED) is 0.400. The molecule has 0 unspecified atom stereocenters. The van der Waals surface area contributed by atoms with Crippen molar-refractivity contribution in [3.63, 3.8) is 0 Å². The first-order chi connectivity index (χ1) is 23.0. The normalized spacial score (nSPS) is 31.4. The van der Waals surface area contributed by atoms with E-state index in [1.165, 1.54) is 5.56 Å². The number of nitrogens with one attached hydrogen (secondary N) is 1. The fourth-order valence-electron chi connectivity index (χ4n) is 7.99. The Morgan fingerprint density at radius 3 is 2.58 bits per heavy atom. The summed E-state index contributed by atoms with van der Waals surface area (Å²) < 4.78 is 48.7. The van der Waals surface area contributed by atoms with Crippen LogP contribution in [0.5, 0.6) is 5.75 Å². The van der Waals surface area contributed by atoms with E-state index in [0.717, 1.165) is 87.3 Å². The van der Waals surface area contributed by atoms with E-state index in [4.69, 9.17) is 25.8 Å². The number of sulfonamides is 1. The Labute approximate surface area is 291 Å². The Morgan fingerprint density at radius 2 is 1.81 bits per heavy atom. The maximum atomic E-state index is 13.5. The van der Waals surface area contributed by atoms with Crippen LogP contribution >= 0.6 is 11.6 Å². The number of likely N-dealkylation sites (N-methyl/N-ethyl adjacent to an activating group) is 1. The van der Waals surface area contributed by atoms with E-state index in [9.17, 15) is 13.2 Å². The molecule has 0 aromatic heterocycles. The molecule has 48 heavy (non-hydrogen) atoms. The number of fused-ring (bicyclic) bond motifs is 3. The molecule has 11 heteroatoms. The predicted molar refractivity (Wildman–Crippen MR) is 189 cm³/mol. The lowest BCUT2D eigenvalue weighted by molar-refractivity contribution is -0.134. The zero-order chi connectivity index (χ0) is 34.0. The van der Waals surface area contributed by atoms with Crippen LogP contribution in [0.3, 0.4) is 0 Å². The Morgan fingerprint density at radius 1 is 0.979 bits per heavy atom. The first kappa shape index (κ1) is 35.5. The van der Waals surface area contributed by atoms with Crippen LogP contribution in [0.1, 0.15) is 80.3 Å². The van der Waals surface area contributed by atoms with Gasteiger partial charge in [0.2, 0.25) is 10.0 Å². The molecule has 3 aliphatic heterocycles. The SMILES string of the molecule is C[C@@H]1[C@@H](C)CCC[C@@H]([C@H]2OC[C@H](CN(C)C)O2)[C@@H]2CC[C@H]2CN2CCCCc3cc(Cl)ccc3COc3ccc(cc32)C(=O)NS1(=O)=O. The number of anilines is 1. The van der Waals surface area contributed by atoms with Crippen LogP contribution in [-0.2, 0) is 32.5 Å². The summed E-state index contributed by atoms with van der Waals surface area (Å²) in [6.07, 6.45) is 7.40. The zero-order valence-corrected chi connectivity index (χ0v) is 30.4. The first-order valence-corrected chi connectivity index (χ1v) is 19.7. The summed E-state index contributed by atoms with van der Waals surface area (Å²) in [6, 6.07) is 11.3. The van der Waals surface area contributed by atoms with Crippen molar-refractivity contribution < 1.29 is 27.4 Å². The van der Waals surface area contributed by atoms with Crippen molar-refractivity contribution in [3.8, 4) is 5.75 Å². The van der Waals surface area contributed by atoms with Crippen LogP contribution in [-0.4, -0.2) is 77.2 Å². The molecule has 1 aliphatic carbocycles. The summed E-state index contributed by atoms with van der Waals surface area (Å²) in [5.74, 6) is 1.04. The lowest BCUT2D eigenvalue weighted by atomic mass is 9.65. The fraction of sp³-hybridized carbons (Fsp3) is 0.649. The van der Waals surface area contributed by atoms with Gasteiger partial charge in [-0.3, -0.25) is 4.79 Å². The fourth-order valence-corrected chi connectivity index (χ4v) is 9.50. The largest absolute Gasteiger partial charge is 0.487 e. The van der Waals surface area contributed by atoms with Gasteiger partial charge in [0.05, 0.1) is 23.6 Å². The third-order valence-corrected chi connectivity index (χ3v) is 13.3. The molecule has 3 heterocycles. The van der Waals surface area contributed by atoms with Gasteiger partial charge >= 0.3 is 0 Å². The number of aryl methyl sites for hydroxylation is 1. The molecular weight excluding hydrogens is 650 g/mol. The van der Waals surface area contributed by atoms with Gasteiger partial charge < -0.3 is 24.0 Å². The van der Waals surface area contributed by atoms with Crippen molar-refractivity contribution in [2.45, 2.75) is 89.5 Å². The third-order valence-electron chi connectivity index (χ3n) is 11.1. The Kier molecular flexibility index (Phi) is 11.3. The smallest absolute Gasteiger partial charge is 0.264 e. The second-order valence-corrected chi connectivity index (χ2v) is 17.2. The van der Waals surface area contributed by atoms with Gasteiger partial charge in [-0.15, -0.1) is 0 Å². The Balaban J connectivity index is 1.35. The molecule has 0 radical (unpaired) electrons. The van der Waals surface area contributed by atoms with Crippen LogP contribution < -0.4 is 14.4 Å². The number of rotatable bonds is 3. The monoisotopic (exact) mass is 701 g/mol. The molecule has 2 aromatic carbocycles. The van der Waals surface area contributed by atoms with Gasteiger partial charge in [0.1, 0.15) is 12.4 Å². The van der Waals surface area contributed by atoms with E-state index in [1.807, 2.05) is 37.3 Å². The van der Waals surface area contributed by atoms with E-state index in [1.54, 1.807) is 13.0 Å². The molecule has 4 aliphatic rings. The molecule has 2 fully saturated rings. The maximum absolute atomic E-state index is 13.5. The minimum atomic E-state index is -3.90. The van der Waals surface area contributed by atoms with Crippen LogP contribution in [0.2, 0.25) is 5.02 Å². The van der Waals surface area contributed by atoms with Crippen molar-refractivity contribution in [3.05, 3.63) is 58.1 Å². The number of hydrogen-bond acceptors (Lipinski definition) is 8. The van der Waals surface area contributed by atoms with Gasteiger partial charge in [-0.05, 0) is 125 Å². The lowest BCUT2D eigenvalue weighted by Gasteiger charge is -2.46. The number of carbonyl (C=O) groups is 1. The van der Waals surface area contributed by atoms with Gasteiger partial charge in [-0.1, -0.05) is 31.0 Å². The van der Waals surface area contributed by atoms with Crippen LogP contribution in [0.4, 0.5) is 5.69 Å². The van der Waals surface area contributed by atoms with E-state index in [0.29, 0.717) is 36.4 Å². The molecule has 264 valence electrons. The van der Waals surface area contributed by atoms with E-state index < -0.39 is 21.2 Å². The third kappa shape index (κ3) is 8.15. The zero-order valence-electron chi connectivity index (χ0n) is 28.8. The molecule has 9 nitrogen and oxygen atoms in total. The van der Waals surface area contributed by atoms with Gasteiger partial charge in [0.25, 0.3) is 5.91 Å². The standard InChI is InChI=1S/C37H52ClN3O6S/c1-24-8-7-10-33(37-46-23-31(47-37)21-40(3)4)32-15-12-28(32)20-41-17-6-5-9-26-18-30(38)14-11-29(26)22-45-35-16-13-27(19-34(35)41)36(42)39-48(43,44)25(24)2/h11,13-14,16,18-19,24-25,28,31-33,37H,5-10,12,15,17,20-23H2,1-4H3,(H,39,42)/t24-,25+,28-,31-,32+,33+,37-/m0/s1. The average Bonchev–Trinajstić information content (AvgIpc) is 3.48. The van der Waals surface area contributed by atoms with Crippen LogP contribution in [0.15, 0.2) is 36.4 Å². The van der Waals surface area contributed by atoms with E-state index >= 15 is 0 Å². The summed E-state index contributed by atoms with van der Waals surface area (Å²) in [4.78, 5) is 18.0. The number of ether oxygens (including phenoxy) is 3. The van der Waals surface area contributed by atoms with Crippen molar-refractivity contribution >= 4 is 33.2 Å². The van der Waals surface area contributed by atoms with E-state index in [2.05, 4.69) is 28.6 Å². The Hall–Kier alpha value is -2.37. The summed E-state index contributed by atoms with van der Waals surface area (Å²) in [5, 5.41) is -0.000716. The highest BCUT2D eigenvalue weighted by atomic mass is 35.5. The number of halogens is 1. The van der Waals surface area contributed by atoms with Gasteiger partial charge in [-0.2, -0.15) is 0 Å². The highest BCUT2D eigenvalue weighted by Crippen LogP contribution is 2.47. The summed E-state index contributed by atoms with van der Waals surface area (Å²) in [7, 11) is 0.210. The molecule has 0 spiro atoms. The topological polar surface area (TPSA) is 97.4 Å². The molecule has 1 amide bonds. The van der Waals surface area contributed by atoms with Gasteiger partial charge in [-0.25, -0.2) is 13.1 Å². The van der Waals surface area contributed by atoms with Crippen molar-refractivity contribution in [2.24, 2.45) is 23.7 Å². The van der Waals surface area contributed by atoms with E-state index in [-0.39, 0.29) is 24.2 Å². The maximum Gasteiger partial charge on any atom is 0.264 e. The predicted octanol–water partition coefficient (Wildman–Crippen LogP) is 6.28. The molecule has 7 atom stereocenters. The number of hydrogen-bond donors (Lipinski definition) is 1. The second kappa shape index (κ2) is 15.3. The second-order valence-electron chi connectivity index (χ2n) is 14.8. The molecule has 6 rings (SSSR count). The summed E-state index contributed by atoms with van der Waals surface area (Å²) in [6.45, 7) is 7.07. The van der Waals surface area contributed by atoms with Crippen molar-refractivity contribution in [1.29, 1.82) is 0 Å². The number of amides is 1. The van der Waals surface area contributed by atoms with Crippen molar-refractivity contribution in [1.82, 2.24) is 9.62 Å².